The fourth-order valence-electron chi connectivity index (χ4n) is 1.73. The van der Waals surface area contributed by atoms with E-state index in [4.69, 9.17) is 5.73 Å². The molecule has 0 atom stereocenters. The van der Waals surface area contributed by atoms with Crippen LogP contribution in [0.2, 0.25) is 0 Å². The molecule has 0 unspecified atom stereocenters. The van der Waals surface area contributed by atoms with E-state index in [1.54, 1.807) is 19.6 Å². The van der Waals surface area contributed by atoms with E-state index in [-0.39, 0.29) is 0 Å². The van der Waals surface area contributed by atoms with E-state index < -0.39 is 0 Å². The lowest BCUT2D eigenvalue weighted by atomic mass is 10.2. The Hall–Kier alpha value is -2.45. The molecule has 0 heterocycles. The molecular weight excluding hydrogens is 406 g/mol. The molecule has 0 amide bonds. The van der Waals surface area contributed by atoms with Crippen LogP contribution in [0.3, 0.4) is 0 Å². The molecule has 0 aliphatic heterocycles. The van der Waals surface area contributed by atoms with Crippen molar-refractivity contribution in [2.75, 3.05) is 25.5 Å². The van der Waals surface area contributed by atoms with Crippen LogP contribution >= 0.6 is 15.9 Å². The quantitative estimate of drug-likeness (QED) is 0.271. The van der Waals surface area contributed by atoms with E-state index in [0.717, 1.165) is 35.2 Å². The van der Waals surface area contributed by atoms with E-state index in [1.165, 1.54) is 0 Å². The van der Waals surface area contributed by atoms with E-state index in [9.17, 15) is 0 Å². The van der Waals surface area contributed by atoms with Crippen molar-refractivity contribution in [3.63, 3.8) is 0 Å². The summed E-state index contributed by atoms with van der Waals surface area (Å²) in [5.41, 5.74) is 7.50. The van der Waals surface area contributed by atoms with Gasteiger partial charge >= 0.3 is 0 Å². The third kappa shape index (κ3) is 14.4. The van der Waals surface area contributed by atoms with Gasteiger partial charge in [-0.25, -0.2) is 4.99 Å². The Bertz CT molecular complexity index is 635. The van der Waals surface area contributed by atoms with E-state index >= 15 is 0 Å². The number of nitrogens with one attached hydrogen (secondary N) is 3. The molecule has 8 heteroatoms. The molecule has 0 saturated carbocycles. The number of halogens is 1. The summed E-state index contributed by atoms with van der Waals surface area (Å²) >= 11 is 3.33. The van der Waals surface area contributed by atoms with E-state index in [2.05, 4.69) is 60.2 Å². The fourth-order valence-corrected chi connectivity index (χ4v) is 1.89. The monoisotopic (exact) mass is 435 g/mol. The van der Waals surface area contributed by atoms with Crippen LogP contribution in [0.15, 0.2) is 62.7 Å². The molecule has 1 aromatic rings. The molecule has 0 saturated heterocycles. The summed E-state index contributed by atoms with van der Waals surface area (Å²) in [6.07, 6.45) is 6.20. The first-order chi connectivity index (χ1) is 13.1. The zero-order valence-corrected chi connectivity index (χ0v) is 17.7. The normalized spacial score (nSPS) is 11.4. The van der Waals surface area contributed by atoms with Crippen molar-refractivity contribution in [3.8, 4) is 0 Å². The number of nitrogens with zero attached hydrogens (tertiary/aromatic N) is 3. The maximum absolute atomic E-state index is 5.52. The number of nitrogens with two attached hydrogens (primary N) is 1. The van der Waals surface area contributed by atoms with Crippen LogP contribution in [-0.4, -0.2) is 39.2 Å². The fraction of sp³-hybridized carbons (Fsp3) is 0.316. The van der Waals surface area contributed by atoms with Gasteiger partial charge < -0.3 is 21.7 Å². The van der Waals surface area contributed by atoms with Crippen LogP contribution in [-0.2, 0) is 6.54 Å². The van der Waals surface area contributed by atoms with Crippen molar-refractivity contribution in [1.29, 1.82) is 0 Å². The Labute approximate surface area is 170 Å². The van der Waals surface area contributed by atoms with Crippen molar-refractivity contribution in [2.45, 2.75) is 19.9 Å². The topological polar surface area (TPSA) is 99.2 Å². The molecular formula is C19H30BrN7. The van der Waals surface area contributed by atoms with Crippen LogP contribution < -0.4 is 21.7 Å². The Balaban J connectivity index is 0.000000503. The molecule has 0 fully saturated rings. The molecule has 1 aromatic carbocycles. The standard InChI is InChI=1S/C10H14N4.C9H16BrN3/c1-12-10(13-2)14-9-5-3-4-8(6-9)7-11;1-3-11-8-13-6-4-5-12-7-9(2)10/h3-6H,1,7,11H2,2H3,(H,13,14);3,7-8,12H,1,4-6H2,2H3,(H,11,13)/b;9-7-. The molecule has 1 rings (SSSR count). The predicted octanol–water partition coefficient (Wildman–Crippen LogP) is 3.23. The third-order valence-corrected chi connectivity index (χ3v) is 3.20. The Morgan fingerprint density at radius 1 is 1.37 bits per heavy atom. The molecule has 0 aliphatic carbocycles. The van der Waals surface area contributed by atoms with Crippen molar-refractivity contribution in [2.24, 2.45) is 20.7 Å². The average molecular weight is 436 g/mol. The van der Waals surface area contributed by atoms with E-state index in [1.807, 2.05) is 37.4 Å². The average Bonchev–Trinajstić information content (AvgIpc) is 2.68. The van der Waals surface area contributed by atoms with Gasteiger partial charge in [0.2, 0.25) is 5.96 Å². The maximum atomic E-state index is 5.52. The lowest BCUT2D eigenvalue weighted by molar-refractivity contribution is 0.761. The summed E-state index contributed by atoms with van der Waals surface area (Å²) < 4.78 is 1.10. The molecule has 0 spiro atoms. The lowest BCUT2D eigenvalue weighted by Crippen LogP contribution is -2.09. The number of hydrogen-bond donors (Lipinski definition) is 4. The number of guanidine groups is 1. The van der Waals surface area contributed by atoms with Crippen molar-refractivity contribution in [1.82, 2.24) is 10.6 Å². The minimum Gasteiger partial charge on any atom is -0.390 e. The van der Waals surface area contributed by atoms with Crippen molar-refractivity contribution < 1.29 is 0 Å². The van der Waals surface area contributed by atoms with Gasteiger partial charge in [-0.1, -0.05) is 34.6 Å². The van der Waals surface area contributed by atoms with Crippen LogP contribution in [0.25, 0.3) is 0 Å². The minimum absolute atomic E-state index is 0.499. The highest BCUT2D eigenvalue weighted by molar-refractivity contribution is 9.11. The number of anilines is 1. The highest BCUT2D eigenvalue weighted by Gasteiger charge is 1.96. The predicted molar refractivity (Wildman–Crippen MR) is 123 cm³/mol. The largest absolute Gasteiger partial charge is 0.390 e. The van der Waals surface area contributed by atoms with Crippen LogP contribution in [0, 0.1) is 0 Å². The van der Waals surface area contributed by atoms with Crippen LogP contribution in [0.4, 0.5) is 5.69 Å². The molecule has 0 bridgehead atoms. The van der Waals surface area contributed by atoms with Crippen molar-refractivity contribution in [3.05, 3.63) is 53.3 Å². The molecule has 27 heavy (non-hydrogen) atoms. The van der Waals surface area contributed by atoms with Gasteiger partial charge in [-0.05, 0) is 44.0 Å². The van der Waals surface area contributed by atoms with Gasteiger partial charge in [0.05, 0.1) is 6.34 Å². The molecule has 5 N–H and O–H groups in total. The number of hydrogen-bond acceptors (Lipinski definition) is 4. The van der Waals surface area contributed by atoms with Crippen LogP contribution in [0.5, 0.6) is 0 Å². The molecule has 0 radical (unpaired) electrons. The number of aliphatic imine (C=N–C) groups is 3. The third-order valence-electron chi connectivity index (χ3n) is 2.97. The summed E-state index contributed by atoms with van der Waals surface area (Å²) in [5, 5.41) is 8.96. The second kappa shape index (κ2) is 17.0. The molecule has 0 aliphatic rings. The molecule has 148 valence electrons. The first-order valence-corrected chi connectivity index (χ1v) is 9.27. The molecule has 7 nitrogen and oxygen atoms in total. The van der Waals surface area contributed by atoms with E-state index in [0.29, 0.717) is 12.5 Å². The van der Waals surface area contributed by atoms with Gasteiger partial charge in [-0.2, -0.15) is 0 Å². The summed E-state index contributed by atoms with van der Waals surface area (Å²) in [5.74, 6) is 0.499. The van der Waals surface area contributed by atoms with Crippen LogP contribution in [0.1, 0.15) is 18.9 Å². The zero-order chi connectivity index (χ0) is 20.3. The number of allylic oxidation sites excluding steroid dienone is 1. The zero-order valence-electron chi connectivity index (χ0n) is 16.1. The first-order valence-electron chi connectivity index (χ1n) is 8.47. The first kappa shape index (κ1) is 24.6. The Morgan fingerprint density at radius 2 is 2.15 bits per heavy atom. The second-order valence-corrected chi connectivity index (χ2v) is 6.43. The summed E-state index contributed by atoms with van der Waals surface area (Å²) in [4.78, 5) is 11.7. The van der Waals surface area contributed by atoms with Gasteiger partial charge in [-0.15, -0.1) is 0 Å². The molecule has 0 aromatic heterocycles. The summed E-state index contributed by atoms with van der Waals surface area (Å²) in [7, 11) is 1.66. The smallest absolute Gasteiger partial charge is 0.221 e. The minimum atomic E-state index is 0.499. The van der Waals surface area contributed by atoms with Gasteiger partial charge in [0, 0.05) is 43.1 Å². The van der Waals surface area contributed by atoms with Gasteiger partial charge in [0.15, 0.2) is 0 Å². The van der Waals surface area contributed by atoms with Gasteiger partial charge in [-0.3, -0.25) is 9.98 Å². The lowest BCUT2D eigenvalue weighted by Gasteiger charge is -2.05. The Morgan fingerprint density at radius 3 is 2.74 bits per heavy atom. The highest BCUT2D eigenvalue weighted by atomic mass is 79.9. The summed E-state index contributed by atoms with van der Waals surface area (Å²) in [6, 6.07) is 7.78. The van der Waals surface area contributed by atoms with Gasteiger partial charge in [0.25, 0.3) is 0 Å². The van der Waals surface area contributed by atoms with Gasteiger partial charge in [0.1, 0.15) is 0 Å². The van der Waals surface area contributed by atoms with Crippen molar-refractivity contribution >= 4 is 40.6 Å². The highest BCUT2D eigenvalue weighted by Crippen LogP contribution is 2.10. The Kier molecular flexibility index (Phi) is 15.4. The number of benzene rings is 1. The maximum Gasteiger partial charge on any atom is 0.221 e. The SMILES string of the molecule is C=CNC=NCCCN/C=C(/C)Br.C=NC(=NC)Nc1cccc(CN)c1. The summed E-state index contributed by atoms with van der Waals surface area (Å²) in [6.45, 7) is 11.2. The number of rotatable bonds is 9. The second-order valence-electron chi connectivity index (χ2n) is 5.18.